The van der Waals surface area contributed by atoms with E-state index in [0.29, 0.717) is 12.6 Å². The number of guanidine groups is 1. The van der Waals surface area contributed by atoms with E-state index in [9.17, 15) is 5.11 Å². The molecule has 0 aliphatic heterocycles. The predicted molar refractivity (Wildman–Crippen MR) is 104 cm³/mol. The molecule has 0 radical (unpaired) electrons. The summed E-state index contributed by atoms with van der Waals surface area (Å²) in [5, 5.41) is 27.0. The first-order chi connectivity index (χ1) is 12.6. The number of aromatic nitrogens is 3. The molecule has 142 valence electrons. The van der Waals surface area contributed by atoms with Gasteiger partial charge in [0.05, 0.1) is 6.10 Å². The Morgan fingerprint density at radius 1 is 1.35 bits per heavy atom. The lowest BCUT2D eigenvalue weighted by Gasteiger charge is -2.27. The highest BCUT2D eigenvalue weighted by Gasteiger charge is 2.20. The van der Waals surface area contributed by atoms with Crippen LogP contribution >= 0.6 is 11.3 Å². The van der Waals surface area contributed by atoms with Gasteiger partial charge in [-0.3, -0.25) is 0 Å². The van der Waals surface area contributed by atoms with Crippen molar-refractivity contribution < 1.29 is 5.11 Å². The summed E-state index contributed by atoms with van der Waals surface area (Å²) in [5.74, 6) is 2.54. The zero-order chi connectivity index (χ0) is 18.4. The van der Waals surface area contributed by atoms with Crippen molar-refractivity contribution in [1.82, 2.24) is 25.4 Å². The van der Waals surface area contributed by atoms with Crippen molar-refractivity contribution in [3.8, 4) is 0 Å². The van der Waals surface area contributed by atoms with Gasteiger partial charge in [0, 0.05) is 24.5 Å². The van der Waals surface area contributed by atoms with Crippen LogP contribution in [0.25, 0.3) is 0 Å². The quantitative estimate of drug-likeness (QED) is 0.528. The number of rotatable bonds is 6. The van der Waals surface area contributed by atoms with Crippen LogP contribution in [0.3, 0.4) is 0 Å². The predicted octanol–water partition coefficient (Wildman–Crippen LogP) is 1.77. The van der Waals surface area contributed by atoms with E-state index in [1.165, 1.54) is 4.88 Å². The molecule has 1 aliphatic carbocycles. The number of hydrogen-bond acceptors (Lipinski definition) is 5. The highest BCUT2D eigenvalue weighted by molar-refractivity contribution is 7.09. The van der Waals surface area contributed by atoms with Crippen LogP contribution in [0, 0.1) is 6.92 Å². The van der Waals surface area contributed by atoms with Crippen LogP contribution in [0.4, 0.5) is 0 Å². The Bertz CT molecular complexity index is 703. The topological polar surface area (TPSA) is 87.4 Å². The Hall–Kier alpha value is -1.93. The second-order valence-corrected chi connectivity index (χ2v) is 7.83. The first-order valence-electron chi connectivity index (χ1n) is 9.22. The highest BCUT2D eigenvalue weighted by Crippen LogP contribution is 2.18. The SMILES string of the molecule is Cc1nnc(CN=C(NCCc2cccs2)NC2CCC(O)CC2)n1C. The molecule has 7 nitrogen and oxygen atoms in total. The molecule has 0 bridgehead atoms. The first kappa shape index (κ1) is 18.8. The van der Waals surface area contributed by atoms with E-state index in [1.807, 2.05) is 18.5 Å². The molecule has 2 heterocycles. The fourth-order valence-corrected chi connectivity index (χ4v) is 3.77. The lowest BCUT2D eigenvalue weighted by atomic mass is 9.93. The molecule has 1 fully saturated rings. The number of nitrogens with one attached hydrogen (secondary N) is 2. The van der Waals surface area contributed by atoms with Gasteiger partial charge in [0.2, 0.25) is 0 Å². The summed E-state index contributed by atoms with van der Waals surface area (Å²) in [6.07, 6.45) is 4.46. The summed E-state index contributed by atoms with van der Waals surface area (Å²) in [6.45, 7) is 3.26. The number of aliphatic imine (C=N–C) groups is 1. The van der Waals surface area contributed by atoms with E-state index in [4.69, 9.17) is 4.99 Å². The van der Waals surface area contributed by atoms with Crippen LogP contribution in [0.2, 0.25) is 0 Å². The average Bonchev–Trinajstić information content (AvgIpc) is 3.26. The van der Waals surface area contributed by atoms with E-state index in [2.05, 4.69) is 38.3 Å². The van der Waals surface area contributed by atoms with Crippen molar-refractivity contribution >= 4 is 17.3 Å². The molecular formula is C18H28N6OS. The Morgan fingerprint density at radius 3 is 2.81 bits per heavy atom. The Kier molecular flexibility index (Phi) is 6.62. The smallest absolute Gasteiger partial charge is 0.191 e. The molecule has 0 atom stereocenters. The molecule has 0 saturated heterocycles. The van der Waals surface area contributed by atoms with Crippen molar-refractivity contribution in [3.05, 3.63) is 34.0 Å². The van der Waals surface area contributed by atoms with Crippen molar-refractivity contribution in [3.63, 3.8) is 0 Å². The van der Waals surface area contributed by atoms with E-state index in [0.717, 1.165) is 56.3 Å². The number of nitrogens with zero attached hydrogens (tertiary/aromatic N) is 4. The summed E-state index contributed by atoms with van der Waals surface area (Å²) in [5.41, 5.74) is 0. The lowest BCUT2D eigenvalue weighted by Crippen LogP contribution is -2.46. The number of aliphatic hydroxyl groups is 1. The summed E-state index contributed by atoms with van der Waals surface area (Å²) in [7, 11) is 1.96. The van der Waals surface area contributed by atoms with Crippen LogP contribution in [0.15, 0.2) is 22.5 Å². The van der Waals surface area contributed by atoms with Gasteiger partial charge in [-0.15, -0.1) is 21.5 Å². The third-order valence-electron chi connectivity index (χ3n) is 4.84. The van der Waals surface area contributed by atoms with Gasteiger partial charge in [-0.2, -0.15) is 0 Å². The fraction of sp³-hybridized carbons (Fsp3) is 0.611. The van der Waals surface area contributed by atoms with E-state index >= 15 is 0 Å². The van der Waals surface area contributed by atoms with Crippen LogP contribution in [-0.2, 0) is 20.0 Å². The van der Waals surface area contributed by atoms with Crippen LogP contribution < -0.4 is 10.6 Å². The van der Waals surface area contributed by atoms with Crippen molar-refractivity contribution in [2.75, 3.05) is 6.54 Å². The molecule has 0 spiro atoms. The molecule has 0 aromatic carbocycles. The number of aliphatic hydroxyl groups excluding tert-OH is 1. The molecular weight excluding hydrogens is 348 g/mol. The standard InChI is InChI=1S/C18H28N6OS/c1-13-22-23-17(24(13)2)12-20-18(19-10-9-16-4-3-11-26-16)21-14-5-7-15(25)8-6-14/h3-4,11,14-15,25H,5-10,12H2,1-2H3,(H2,19,20,21). The maximum absolute atomic E-state index is 9.70. The summed E-state index contributed by atoms with van der Waals surface area (Å²) in [4.78, 5) is 6.07. The fourth-order valence-electron chi connectivity index (χ4n) is 3.06. The van der Waals surface area contributed by atoms with Gasteiger partial charge >= 0.3 is 0 Å². The molecule has 3 N–H and O–H groups in total. The van der Waals surface area contributed by atoms with E-state index in [-0.39, 0.29) is 6.10 Å². The van der Waals surface area contributed by atoms with Crippen LogP contribution in [0.1, 0.15) is 42.2 Å². The third-order valence-corrected chi connectivity index (χ3v) is 5.78. The lowest BCUT2D eigenvalue weighted by molar-refractivity contribution is 0.120. The van der Waals surface area contributed by atoms with Gasteiger partial charge in [-0.05, 0) is 50.5 Å². The van der Waals surface area contributed by atoms with Crippen molar-refractivity contribution in [2.24, 2.45) is 12.0 Å². The summed E-state index contributed by atoms with van der Waals surface area (Å²) in [6, 6.07) is 4.59. The molecule has 0 amide bonds. The maximum Gasteiger partial charge on any atom is 0.191 e. The minimum Gasteiger partial charge on any atom is -0.393 e. The van der Waals surface area contributed by atoms with Crippen molar-refractivity contribution in [1.29, 1.82) is 0 Å². The Balaban J connectivity index is 1.59. The zero-order valence-electron chi connectivity index (χ0n) is 15.5. The maximum atomic E-state index is 9.70. The molecule has 2 aromatic heterocycles. The normalized spacial score (nSPS) is 21.0. The number of thiophene rings is 1. The van der Waals surface area contributed by atoms with Gasteiger partial charge in [0.15, 0.2) is 11.8 Å². The molecule has 0 unspecified atom stereocenters. The Morgan fingerprint density at radius 2 is 2.15 bits per heavy atom. The van der Waals surface area contributed by atoms with E-state index in [1.54, 1.807) is 11.3 Å². The second kappa shape index (κ2) is 9.14. The summed E-state index contributed by atoms with van der Waals surface area (Å²) >= 11 is 1.78. The number of hydrogen-bond donors (Lipinski definition) is 3. The molecule has 1 aliphatic rings. The van der Waals surface area contributed by atoms with Gasteiger partial charge in [-0.1, -0.05) is 6.07 Å². The number of aryl methyl sites for hydroxylation is 1. The van der Waals surface area contributed by atoms with Crippen LogP contribution in [0.5, 0.6) is 0 Å². The first-order valence-corrected chi connectivity index (χ1v) is 10.1. The molecule has 1 saturated carbocycles. The van der Waals surface area contributed by atoms with Crippen LogP contribution in [-0.4, -0.2) is 44.5 Å². The van der Waals surface area contributed by atoms with Crippen molar-refractivity contribution in [2.45, 2.75) is 57.7 Å². The van der Waals surface area contributed by atoms with E-state index < -0.39 is 0 Å². The Labute approximate surface area is 158 Å². The van der Waals surface area contributed by atoms with Gasteiger partial charge < -0.3 is 20.3 Å². The second-order valence-electron chi connectivity index (χ2n) is 6.79. The third kappa shape index (κ3) is 5.28. The van der Waals surface area contributed by atoms with Gasteiger partial charge in [0.25, 0.3) is 0 Å². The average molecular weight is 377 g/mol. The van der Waals surface area contributed by atoms with Gasteiger partial charge in [0.1, 0.15) is 12.4 Å². The minimum atomic E-state index is -0.151. The minimum absolute atomic E-state index is 0.151. The zero-order valence-corrected chi connectivity index (χ0v) is 16.3. The summed E-state index contributed by atoms with van der Waals surface area (Å²) < 4.78 is 1.96. The molecule has 3 rings (SSSR count). The molecule has 8 heteroatoms. The molecule has 2 aromatic rings. The largest absolute Gasteiger partial charge is 0.393 e. The monoisotopic (exact) mass is 376 g/mol. The highest BCUT2D eigenvalue weighted by atomic mass is 32.1. The molecule has 26 heavy (non-hydrogen) atoms. The van der Waals surface area contributed by atoms with Gasteiger partial charge in [-0.25, -0.2) is 4.99 Å².